The first-order valence-corrected chi connectivity index (χ1v) is 6.69. The zero-order valence-corrected chi connectivity index (χ0v) is 10.2. The van der Waals surface area contributed by atoms with Crippen LogP contribution in [0.3, 0.4) is 0 Å². The van der Waals surface area contributed by atoms with Crippen LogP contribution in [0.2, 0.25) is 0 Å². The summed E-state index contributed by atoms with van der Waals surface area (Å²) in [4.78, 5) is 11.7. The fraction of sp³-hybridized carbons (Fsp3) is 0.929. The Balaban J connectivity index is 1.70. The van der Waals surface area contributed by atoms with Crippen LogP contribution in [0.4, 0.5) is 0 Å². The van der Waals surface area contributed by atoms with E-state index in [1.54, 1.807) is 0 Å². The summed E-state index contributed by atoms with van der Waals surface area (Å²) in [5.74, 6) is 3.55. The molecule has 0 unspecified atom stereocenters. The van der Waals surface area contributed by atoms with Crippen molar-refractivity contribution >= 4 is 5.78 Å². The van der Waals surface area contributed by atoms with E-state index in [0.29, 0.717) is 11.7 Å². The van der Waals surface area contributed by atoms with Crippen LogP contribution in [-0.4, -0.2) is 5.78 Å². The second-order valence-corrected chi connectivity index (χ2v) is 5.97. The molecule has 2 aliphatic carbocycles. The molecule has 0 N–H and O–H groups in total. The molecule has 15 heavy (non-hydrogen) atoms. The molecule has 0 atom stereocenters. The third-order valence-corrected chi connectivity index (χ3v) is 4.36. The summed E-state index contributed by atoms with van der Waals surface area (Å²) in [5.41, 5.74) is 0. The van der Waals surface area contributed by atoms with Gasteiger partial charge in [-0.3, -0.25) is 4.79 Å². The molecule has 86 valence electrons. The fourth-order valence-corrected chi connectivity index (χ4v) is 2.92. The van der Waals surface area contributed by atoms with Gasteiger partial charge in [-0.1, -0.05) is 13.8 Å². The molecule has 2 aliphatic rings. The van der Waals surface area contributed by atoms with Crippen molar-refractivity contribution in [1.29, 1.82) is 0 Å². The van der Waals surface area contributed by atoms with E-state index in [1.807, 2.05) is 0 Å². The van der Waals surface area contributed by atoms with Crippen LogP contribution >= 0.6 is 0 Å². The van der Waals surface area contributed by atoms with Gasteiger partial charge in [0.25, 0.3) is 0 Å². The van der Waals surface area contributed by atoms with Crippen LogP contribution in [0.25, 0.3) is 0 Å². The van der Waals surface area contributed by atoms with Crippen LogP contribution in [0.1, 0.15) is 58.8 Å². The Morgan fingerprint density at radius 2 is 1.67 bits per heavy atom. The van der Waals surface area contributed by atoms with Crippen LogP contribution in [0.15, 0.2) is 0 Å². The number of hydrogen-bond acceptors (Lipinski definition) is 1. The highest BCUT2D eigenvalue weighted by molar-refractivity contribution is 5.83. The Morgan fingerprint density at radius 1 is 1.07 bits per heavy atom. The molecular weight excluding hydrogens is 184 g/mol. The molecule has 0 saturated heterocycles. The van der Waals surface area contributed by atoms with Gasteiger partial charge in [0.1, 0.15) is 5.78 Å². The molecule has 0 aromatic heterocycles. The maximum atomic E-state index is 11.7. The van der Waals surface area contributed by atoms with Gasteiger partial charge in [-0.05, 0) is 56.3 Å². The minimum atomic E-state index is 0.479. The first-order chi connectivity index (χ1) is 7.16. The molecule has 1 heteroatoms. The van der Waals surface area contributed by atoms with Gasteiger partial charge in [0.05, 0.1) is 0 Å². The quantitative estimate of drug-likeness (QED) is 0.686. The number of ketones is 1. The monoisotopic (exact) mass is 208 g/mol. The number of hydrogen-bond donors (Lipinski definition) is 0. The summed E-state index contributed by atoms with van der Waals surface area (Å²) in [7, 11) is 0. The van der Waals surface area contributed by atoms with Crippen molar-refractivity contribution in [2.45, 2.75) is 58.8 Å². The van der Waals surface area contributed by atoms with Crippen molar-refractivity contribution in [3.63, 3.8) is 0 Å². The van der Waals surface area contributed by atoms with Gasteiger partial charge < -0.3 is 0 Å². The molecule has 0 aliphatic heterocycles. The van der Waals surface area contributed by atoms with Crippen LogP contribution in [-0.2, 0) is 4.79 Å². The minimum Gasteiger partial charge on any atom is -0.299 e. The average Bonchev–Trinajstić information content (AvgIpc) is 3.01. The SMILES string of the molecule is CC(C)C1CCC(CC(=O)C2CC2)CC1. The van der Waals surface area contributed by atoms with E-state index >= 15 is 0 Å². The molecule has 0 aromatic carbocycles. The van der Waals surface area contributed by atoms with Crippen molar-refractivity contribution < 1.29 is 4.79 Å². The Hall–Kier alpha value is -0.330. The molecule has 2 saturated carbocycles. The number of rotatable bonds is 4. The number of carbonyl (C=O) groups excluding carboxylic acids is 1. The first kappa shape index (κ1) is 11.2. The van der Waals surface area contributed by atoms with Crippen molar-refractivity contribution in [3.8, 4) is 0 Å². The van der Waals surface area contributed by atoms with Gasteiger partial charge in [0, 0.05) is 12.3 Å². The fourth-order valence-electron chi connectivity index (χ4n) is 2.92. The zero-order valence-electron chi connectivity index (χ0n) is 10.2. The Morgan fingerprint density at radius 3 is 2.13 bits per heavy atom. The van der Waals surface area contributed by atoms with Crippen molar-refractivity contribution in [1.82, 2.24) is 0 Å². The number of Topliss-reactive ketones (excluding diaryl/α,β-unsaturated/α-hetero) is 1. The maximum absolute atomic E-state index is 11.7. The second kappa shape index (κ2) is 4.67. The van der Waals surface area contributed by atoms with Gasteiger partial charge in [-0.25, -0.2) is 0 Å². The summed E-state index contributed by atoms with van der Waals surface area (Å²) in [5, 5.41) is 0. The molecule has 2 fully saturated rings. The Labute approximate surface area is 93.6 Å². The lowest BCUT2D eigenvalue weighted by molar-refractivity contribution is -0.121. The highest BCUT2D eigenvalue weighted by Crippen LogP contribution is 2.38. The standard InChI is InChI=1S/C14H24O/c1-10(2)12-5-3-11(4-6-12)9-14(15)13-7-8-13/h10-13H,3-9H2,1-2H3. The highest BCUT2D eigenvalue weighted by Gasteiger charge is 2.32. The van der Waals surface area contributed by atoms with Crippen molar-refractivity contribution in [2.24, 2.45) is 23.7 Å². The Kier molecular flexibility index (Phi) is 3.48. The van der Waals surface area contributed by atoms with E-state index in [1.165, 1.54) is 38.5 Å². The van der Waals surface area contributed by atoms with Gasteiger partial charge >= 0.3 is 0 Å². The van der Waals surface area contributed by atoms with Crippen LogP contribution in [0, 0.1) is 23.7 Å². The first-order valence-electron chi connectivity index (χ1n) is 6.69. The second-order valence-electron chi connectivity index (χ2n) is 5.97. The third-order valence-electron chi connectivity index (χ3n) is 4.36. The average molecular weight is 208 g/mol. The molecule has 0 heterocycles. The summed E-state index contributed by atoms with van der Waals surface area (Å²) in [6.07, 6.45) is 8.60. The maximum Gasteiger partial charge on any atom is 0.136 e. The van der Waals surface area contributed by atoms with E-state index in [4.69, 9.17) is 0 Å². The third kappa shape index (κ3) is 3.06. The van der Waals surface area contributed by atoms with Gasteiger partial charge in [0.15, 0.2) is 0 Å². The molecule has 0 bridgehead atoms. The minimum absolute atomic E-state index is 0.479. The smallest absolute Gasteiger partial charge is 0.136 e. The van der Waals surface area contributed by atoms with Gasteiger partial charge in [0.2, 0.25) is 0 Å². The van der Waals surface area contributed by atoms with Crippen LogP contribution in [0.5, 0.6) is 0 Å². The van der Waals surface area contributed by atoms with E-state index in [9.17, 15) is 4.79 Å². The highest BCUT2D eigenvalue weighted by atomic mass is 16.1. The summed E-state index contributed by atoms with van der Waals surface area (Å²) < 4.78 is 0. The summed E-state index contributed by atoms with van der Waals surface area (Å²) in [6.45, 7) is 4.67. The molecule has 0 radical (unpaired) electrons. The summed E-state index contributed by atoms with van der Waals surface area (Å²) >= 11 is 0. The lowest BCUT2D eigenvalue weighted by atomic mass is 9.75. The normalized spacial score (nSPS) is 31.9. The van der Waals surface area contributed by atoms with Gasteiger partial charge in [-0.15, -0.1) is 0 Å². The number of carbonyl (C=O) groups is 1. The zero-order chi connectivity index (χ0) is 10.8. The molecule has 2 rings (SSSR count). The lowest BCUT2D eigenvalue weighted by Crippen LogP contribution is -2.20. The van der Waals surface area contributed by atoms with Crippen LogP contribution < -0.4 is 0 Å². The molecule has 0 aromatic rings. The summed E-state index contributed by atoms with van der Waals surface area (Å²) in [6, 6.07) is 0. The molecule has 1 nitrogen and oxygen atoms in total. The predicted molar refractivity (Wildman–Crippen MR) is 62.6 cm³/mol. The van der Waals surface area contributed by atoms with E-state index in [0.717, 1.165) is 24.2 Å². The van der Waals surface area contributed by atoms with E-state index in [-0.39, 0.29) is 0 Å². The predicted octanol–water partition coefficient (Wildman–Crippen LogP) is 3.82. The topological polar surface area (TPSA) is 17.1 Å². The molecule has 0 amide bonds. The van der Waals surface area contributed by atoms with Crippen molar-refractivity contribution in [2.75, 3.05) is 0 Å². The van der Waals surface area contributed by atoms with E-state index in [2.05, 4.69) is 13.8 Å². The largest absolute Gasteiger partial charge is 0.299 e. The molecular formula is C14H24O. The van der Waals surface area contributed by atoms with E-state index < -0.39 is 0 Å². The molecule has 0 spiro atoms. The Bertz CT molecular complexity index is 219. The van der Waals surface area contributed by atoms with Gasteiger partial charge in [-0.2, -0.15) is 0 Å². The lowest BCUT2D eigenvalue weighted by Gasteiger charge is -2.30. The van der Waals surface area contributed by atoms with Crippen molar-refractivity contribution in [3.05, 3.63) is 0 Å².